The van der Waals surface area contributed by atoms with Crippen molar-refractivity contribution in [2.24, 2.45) is 0 Å². The van der Waals surface area contributed by atoms with Crippen molar-refractivity contribution in [3.8, 4) is 0 Å². The molecule has 2 nitrogen and oxygen atoms in total. The van der Waals surface area contributed by atoms with Crippen LogP contribution in [0.25, 0.3) is 0 Å². The van der Waals surface area contributed by atoms with Gasteiger partial charge in [-0.1, -0.05) is 60.9 Å². The van der Waals surface area contributed by atoms with Crippen molar-refractivity contribution in [1.82, 2.24) is 0 Å². The second kappa shape index (κ2) is 9.98. The van der Waals surface area contributed by atoms with Crippen molar-refractivity contribution in [3.05, 3.63) is 21.8 Å². The van der Waals surface area contributed by atoms with E-state index in [0.29, 0.717) is 6.61 Å². The number of halogens is 1. The molecule has 1 saturated heterocycles. The molecule has 0 aromatic carbocycles. The first-order chi connectivity index (χ1) is 8.81. The molecule has 0 amide bonds. The lowest BCUT2D eigenvalue weighted by molar-refractivity contribution is -0.120. The fourth-order valence-corrected chi connectivity index (χ4v) is 2.68. The van der Waals surface area contributed by atoms with Gasteiger partial charge in [0, 0.05) is 13.0 Å². The highest BCUT2D eigenvalue weighted by Gasteiger charge is 2.27. The Balaban J connectivity index is 2.29. The molecule has 2 atom stereocenters. The van der Waals surface area contributed by atoms with Crippen LogP contribution in [0.1, 0.15) is 52.4 Å². The van der Waals surface area contributed by atoms with Gasteiger partial charge >= 0.3 is 0 Å². The third kappa shape index (κ3) is 5.85. The van der Waals surface area contributed by atoms with Gasteiger partial charge in [-0.05, 0) is 29.4 Å². The SMILES string of the molecule is CCCCCC/C=C/C1OC(OCC)C/C1=C\I. The Morgan fingerprint density at radius 2 is 2.17 bits per heavy atom. The van der Waals surface area contributed by atoms with Gasteiger partial charge in [0.1, 0.15) is 6.10 Å². The Labute approximate surface area is 125 Å². The predicted octanol–water partition coefficient (Wildman–Crippen LogP) is 4.98. The molecule has 2 unspecified atom stereocenters. The lowest BCUT2D eigenvalue weighted by atomic mass is 10.1. The Morgan fingerprint density at radius 1 is 1.33 bits per heavy atom. The number of unbranched alkanes of at least 4 members (excludes halogenated alkanes) is 4. The van der Waals surface area contributed by atoms with Gasteiger partial charge in [-0.2, -0.15) is 0 Å². The molecule has 0 saturated carbocycles. The van der Waals surface area contributed by atoms with Crippen LogP contribution >= 0.6 is 22.6 Å². The van der Waals surface area contributed by atoms with Crippen LogP contribution in [0.15, 0.2) is 21.8 Å². The Hall–Kier alpha value is 0.130. The highest BCUT2D eigenvalue weighted by atomic mass is 127. The maximum Gasteiger partial charge on any atom is 0.162 e. The first kappa shape index (κ1) is 16.2. The van der Waals surface area contributed by atoms with Crippen molar-refractivity contribution in [2.75, 3.05) is 6.61 Å². The van der Waals surface area contributed by atoms with Crippen LogP contribution in [-0.4, -0.2) is 19.0 Å². The summed E-state index contributed by atoms with van der Waals surface area (Å²) in [6.07, 6.45) is 11.9. The van der Waals surface area contributed by atoms with Gasteiger partial charge in [0.25, 0.3) is 0 Å². The van der Waals surface area contributed by atoms with Crippen molar-refractivity contribution >= 4 is 22.6 Å². The second-order valence-electron chi connectivity index (χ2n) is 4.61. The van der Waals surface area contributed by atoms with E-state index in [1.807, 2.05) is 6.92 Å². The summed E-state index contributed by atoms with van der Waals surface area (Å²) in [7, 11) is 0. The van der Waals surface area contributed by atoms with Crippen LogP contribution < -0.4 is 0 Å². The average Bonchev–Trinajstić information content (AvgIpc) is 2.76. The van der Waals surface area contributed by atoms with Crippen LogP contribution in [-0.2, 0) is 9.47 Å². The zero-order chi connectivity index (χ0) is 13.2. The third-order valence-corrected chi connectivity index (χ3v) is 3.89. The molecule has 0 bridgehead atoms. The number of hydrogen-bond acceptors (Lipinski definition) is 2. The molecule has 0 aliphatic carbocycles. The monoisotopic (exact) mass is 364 g/mol. The van der Waals surface area contributed by atoms with E-state index in [1.165, 1.54) is 31.3 Å². The highest BCUT2D eigenvalue weighted by molar-refractivity contribution is 14.1. The van der Waals surface area contributed by atoms with E-state index in [1.54, 1.807) is 0 Å². The van der Waals surface area contributed by atoms with E-state index >= 15 is 0 Å². The van der Waals surface area contributed by atoms with Gasteiger partial charge in [0.2, 0.25) is 0 Å². The lowest BCUT2D eigenvalue weighted by Crippen LogP contribution is -2.12. The van der Waals surface area contributed by atoms with Crippen LogP contribution in [0.5, 0.6) is 0 Å². The molecule has 0 aromatic heterocycles. The minimum absolute atomic E-state index is 0.0502. The van der Waals surface area contributed by atoms with Crippen molar-refractivity contribution in [2.45, 2.75) is 64.8 Å². The van der Waals surface area contributed by atoms with Gasteiger partial charge in [-0.3, -0.25) is 0 Å². The summed E-state index contributed by atoms with van der Waals surface area (Å²) >= 11 is 2.29. The van der Waals surface area contributed by atoms with Gasteiger partial charge < -0.3 is 9.47 Å². The number of allylic oxidation sites excluding steroid dienone is 1. The van der Waals surface area contributed by atoms with Gasteiger partial charge in [-0.15, -0.1) is 0 Å². The van der Waals surface area contributed by atoms with E-state index in [4.69, 9.17) is 9.47 Å². The van der Waals surface area contributed by atoms with Crippen molar-refractivity contribution < 1.29 is 9.47 Å². The maximum atomic E-state index is 5.85. The molecule has 1 aliphatic rings. The minimum Gasteiger partial charge on any atom is -0.353 e. The summed E-state index contributed by atoms with van der Waals surface area (Å²) in [5.74, 6) is 0. The van der Waals surface area contributed by atoms with Gasteiger partial charge in [0.05, 0.1) is 0 Å². The molecule has 0 spiro atoms. The third-order valence-electron chi connectivity index (χ3n) is 3.09. The largest absolute Gasteiger partial charge is 0.353 e. The molecular formula is C15H25IO2. The fraction of sp³-hybridized carbons (Fsp3) is 0.733. The summed E-state index contributed by atoms with van der Waals surface area (Å²) in [6, 6.07) is 0. The Kier molecular flexibility index (Phi) is 8.98. The predicted molar refractivity (Wildman–Crippen MR) is 84.9 cm³/mol. The Bertz CT molecular complexity index is 274. The first-order valence-corrected chi connectivity index (χ1v) is 8.29. The van der Waals surface area contributed by atoms with E-state index in [0.717, 1.165) is 12.8 Å². The van der Waals surface area contributed by atoms with Crippen LogP contribution in [0.3, 0.4) is 0 Å². The number of hydrogen-bond donors (Lipinski definition) is 0. The molecule has 0 N–H and O–H groups in total. The molecule has 18 heavy (non-hydrogen) atoms. The van der Waals surface area contributed by atoms with E-state index in [9.17, 15) is 0 Å². The van der Waals surface area contributed by atoms with Crippen LogP contribution in [0.2, 0.25) is 0 Å². The fourth-order valence-electron chi connectivity index (χ4n) is 2.08. The maximum absolute atomic E-state index is 5.85. The van der Waals surface area contributed by atoms with E-state index in [-0.39, 0.29) is 12.4 Å². The minimum atomic E-state index is -0.0502. The summed E-state index contributed by atoms with van der Waals surface area (Å²) in [4.78, 5) is 0. The summed E-state index contributed by atoms with van der Waals surface area (Å²) < 4.78 is 13.5. The Morgan fingerprint density at radius 3 is 2.83 bits per heavy atom. The molecule has 1 fully saturated rings. The van der Waals surface area contributed by atoms with Gasteiger partial charge in [-0.25, -0.2) is 0 Å². The summed E-state index contributed by atoms with van der Waals surface area (Å²) in [5.41, 5.74) is 1.33. The normalized spacial score (nSPS) is 26.5. The zero-order valence-electron chi connectivity index (χ0n) is 11.5. The standard InChI is InChI=1S/C15H25IO2/c1-3-5-6-7-8-9-10-14-13(12-16)11-15(18-14)17-4-2/h9-10,12,14-15H,3-8,11H2,1-2H3/b10-9+,13-12+. The first-order valence-electron chi connectivity index (χ1n) is 7.04. The topological polar surface area (TPSA) is 18.5 Å². The zero-order valence-corrected chi connectivity index (χ0v) is 13.7. The van der Waals surface area contributed by atoms with E-state index < -0.39 is 0 Å². The summed E-state index contributed by atoms with van der Waals surface area (Å²) in [5, 5.41) is 0. The molecule has 1 aliphatic heterocycles. The molecule has 0 radical (unpaired) electrons. The second-order valence-corrected chi connectivity index (χ2v) is 5.23. The molecule has 1 rings (SSSR count). The van der Waals surface area contributed by atoms with Crippen molar-refractivity contribution in [3.63, 3.8) is 0 Å². The summed E-state index contributed by atoms with van der Waals surface area (Å²) in [6.45, 7) is 4.97. The molecule has 104 valence electrons. The van der Waals surface area contributed by atoms with E-state index in [2.05, 4.69) is 45.7 Å². The van der Waals surface area contributed by atoms with Crippen LogP contribution in [0, 0.1) is 0 Å². The molecule has 0 aromatic rings. The smallest absolute Gasteiger partial charge is 0.162 e. The number of ether oxygens (including phenoxy) is 2. The quantitative estimate of drug-likeness (QED) is 0.343. The number of rotatable bonds is 8. The van der Waals surface area contributed by atoms with Gasteiger partial charge in [0.15, 0.2) is 6.29 Å². The highest BCUT2D eigenvalue weighted by Crippen LogP contribution is 2.28. The molecular weight excluding hydrogens is 339 g/mol. The van der Waals surface area contributed by atoms with Crippen molar-refractivity contribution in [1.29, 1.82) is 0 Å². The lowest BCUT2D eigenvalue weighted by Gasteiger charge is -2.10. The molecule has 3 heteroatoms. The average molecular weight is 364 g/mol. The molecule has 1 heterocycles. The van der Waals surface area contributed by atoms with Crippen LogP contribution in [0.4, 0.5) is 0 Å².